The molecule has 18 heavy (non-hydrogen) atoms. The lowest BCUT2D eigenvalue weighted by Gasteiger charge is -2.08. The van der Waals surface area contributed by atoms with E-state index >= 15 is 0 Å². The molecule has 0 amide bonds. The minimum absolute atomic E-state index is 0.483. The molecule has 2 rings (SSSR count). The number of nitrogens with one attached hydrogen (secondary N) is 1. The van der Waals surface area contributed by atoms with Crippen molar-refractivity contribution in [2.24, 2.45) is 0 Å². The van der Waals surface area contributed by atoms with Crippen LogP contribution in [-0.4, -0.2) is 15.0 Å². The van der Waals surface area contributed by atoms with E-state index in [0.29, 0.717) is 17.6 Å². The molecule has 5 nitrogen and oxygen atoms in total. The summed E-state index contributed by atoms with van der Waals surface area (Å²) in [6, 6.07) is 0. The molecule has 2 aromatic rings. The normalized spacial score (nSPS) is 10.6. The molecule has 0 atom stereocenters. The number of rotatable bonds is 5. The summed E-state index contributed by atoms with van der Waals surface area (Å²) in [5.41, 5.74) is 0.904. The number of hydrogen-bond donors (Lipinski definition) is 1. The summed E-state index contributed by atoms with van der Waals surface area (Å²) >= 11 is 6.01. The Morgan fingerprint density at radius 1 is 1.22 bits per heavy atom. The van der Waals surface area contributed by atoms with Gasteiger partial charge in [0.1, 0.15) is 23.1 Å². The third-order valence-electron chi connectivity index (χ3n) is 2.60. The highest BCUT2D eigenvalue weighted by atomic mass is 35.5. The number of aromatic nitrogens is 3. The Hall–Kier alpha value is -1.62. The van der Waals surface area contributed by atoms with Crippen LogP contribution in [0.1, 0.15) is 31.1 Å². The average molecular weight is 267 g/mol. The Morgan fingerprint density at radius 2 is 2.06 bits per heavy atom. The van der Waals surface area contributed by atoms with Gasteiger partial charge in [0.25, 0.3) is 0 Å². The van der Waals surface area contributed by atoms with Crippen LogP contribution in [-0.2, 0) is 19.4 Å². The number of aryl methyl sites for hydroxylation is 1. The number of nitrogens with zero attached hydrogens (tertiary/aromatic N) is 3. The zero-order valence-electron chi connectivity index (χ0n) is 10.4. The van der Waals surface area contributed by atoms with E-state index in [0.717, 1.165) is 30.0 Å². The van der Waals surface area contributed by atoms with Crippen molar-refractivity contribution in [2.75, 3.05) is 5.32 Å². The Kier molecular flexibility index (Phi) is 4.15. The fourth-order valence-electron chi connectivity index (χ4n) is 1.61. The summed E-state index contributed by atoms with van der Waals surface area (Å²) in [6.07, 6.45) is 4.79. The third kappa shape index (κ3) is 2.79. The van der Waals surface area contributed by atoms with Crippen LogP contribution < -0.4 is 5.32 Å². The van der Waals surface area contributed by atoms with Crippen molar-refractivity contribution >= 4 is 17.4 Å². The molecule has 0 fully saturated rings. The van der Waals surface area contributed by atoms with Crippen LogP contribution in [0.5, 0.6) is 0 Å². The van der Waals surface area contributed by atoms with Gasteiger partial charge < -0.3 is 9.73 Å². The van der Waals surface area contributed by atoms with Crippen molar-refractivity contribution in [2.45, 2.75) is 33.2 Å². The van der Waals surface area contributed by atoms with Gasteiger partial charge in [0.05, 0.1) is 12.7 Å². The first-order valence-corrected chi connectivity index (χ1v) is 6.29. The van der Waals surface area contributed by atoms with E-state index in [1.54, 1.807) is 6.20 Å². The molecule has 0 aliphatic rings. The highest BCUT2D eigenvalue weighted by Crippen LogP contribution is 2.20. The summed E-state index contributed by atoms with van der Waals surface area (Å²) in [4.78, 5) is 12.3. The molecular weight excluding hydrogens is 252 g/mol. The van der Waals surface area contributed by atoms with Gasteiger partial charge in [0, 0.05) is 12.0 Å². The van der Waals surface area contributed by atoms with Crippen molar-refractivity contribution < 1.29 is 4.42 Å². The van der Waals surface area contributed by atoms with Crippen LogP contribution in [0, 0.1) is 0 Å². The molecule has 0 spiro atoms. The van der Waals surface area contributed by atoms with Crippen LogP contribution in [0.15, 0.2) is 16.9 Å². The lowest BCUT2D eigenvalue weighted by Crippen LogP contribution is -2.05. The maximum atomic E-state index is 6.01. The summed E-state index contributed by atoms with van der Waals surface area (Å²) < 4.78 is 5.51. The van der Waals surface area contributed by atoms with E-state index < -0.39 is 0 Å². The summed E-state index contributed by atoms with van der Waals surface area (Å²) in [5.74, 6) is 2.25. The van der Waals surface area contributed by atoms with Crippen LogP contribution in [0.4, 0.5) is 5.82 Å². The maximum absolute atomic E-state index is 6.01. The Labute approximate surface area is 111 Å². The Balaban J connectivity index is 2.08. The topological polar surface area (TPSA) is 63.8 Å². The smallest absolute Gasteiger partial charge is 0.213 e. The van der Waals surface area contributed by atoms with Gasteiger partial charge in [-0.2, -0.15) is 0 Å². The number of anilines is 1. The maximum Gasteiger partial charge on any atom is 0.213 e. The predicted molar refractivity (Wildman–Crippen MR) is 69.6 cm³/mol. The van der Waals surface area contributed by atoms with E-state index in [-0.39, 0.29) is 0 Å². The van der Waals surface area contributed by atoms with Gasteiger partial charge in [-0.15, -0.1) is 0 Å². The van der Waals surface area contributed by atoms with Crippen LogP contribution >= 0.6 is 11.6 Å². The summed E-state index contributed by atoms with van der Waals surface area (Å²) in [5, 5.41) is 3.65. The van der Waals surface area contributed by atoms with E-state index in [2.05, 4.69) is 20.3 Å². The van der Waals surface area contributed by atoms with Crippen LogP contribution in [0.25, 0.3) is 0 Å². The van der Waals surface area contributed by atoms with E-state index in [4.69, 9.17) is 16.0 Å². The molecule has 0 aromatic carbocycles. The minimum atomic E-state index is 0.483. The Bertz CT molecular complexity index is 527. The molecule has 0 unspecified atom stereocenters. The van der Waals surface area contributed by atoms with Gasteiger partial charge in [0.2, 0.25) is 5.89 Å². The standard InChI is InChI=1S/C12H15ClN4O/c1-3-8-5-14-10(18-8)6-15-12-9(4-2)11(13)16-7-17-12/h5,7H,3-4,6H2,1-2H3,(H,15,16,17). The zero-order chi connectivity index (χ0) is 13.0. The van der Waals surface area contributed by atoms with E-state index in [1.807, 2.05) is 13.8 Å². The second-order valence-electron chi connectivity index (χ2n) is 3.77. The highest BCUT2D eigenvalue weighted by Gasteiger charge is 2.09. The molecule has 2 aromatic heterocycles. The second-order valence-corrected chi connectivity index (χ2v) is 4.13. The third-order valence-corrected chi connectivity index (χ3v) is 2.93. The summed E-state index contributed by atoms with van der Waals surface area (Å²) in [7, 11) is 0. The van der Waals surface area contributed by atoms with Crippen LogP contribution in [0.3, 0.4) is 0 Å². The first kappa shape index (κ1) is 12.8. The molecule has 0 bridgehead atoms. The zero-order valence-corrected chi connectivity index (χ0v) is 11.2. The first-order valence-electron chi connectivity index (χ1n) is 5.91. The quantitative estimate of drug-likeness (QED) is 0.843. The van der Waals surface area contributed by atoms with Gasteiger partial charge in [-0.1, -0.05) is 25.4 Å². The monoisotopic (exact) mass is 266 g/mol. The molecule has 2 heterocycles. The number of oxazole rings is 1. The van der Waals surface area contributed by atoms with Gasteiger partial charge in [-0.25, -0.2) is 15.0 Å². The average Bonchev–Trinajstić information content (AvgIpc) is 2.84. The van der Waals surface area contributed by atoms with Crippen molar-refractivity contribution in [1.29, 1.82) is 0 Å². The molecule has 1 N–H and O–H groups in total. The molecule has 6 heteroatoms. The predicted octanol–water partition coefficient (Wildman–Crippen LogP) is 2.85. The molecule has 96 valence electrons. The van der Waals surface area contributed by atoms with Crippen LogP contribution in [0.2, 0.25) is 5.15 Å². The SMILES string of the molecule is CCc1cnc(CNc2ncnc(Cl)c2CC)o1. The van der Waals surface area contributed by atoms with E-state index in [1.165, 1.54) is 6.33 Å². The van der Waals surface area contributed by atoms with Crippen molar-refractivity contribution in [3.63, 3.8) is 0 Å². The lowest BCUT2D eigenvalue weighted by atomic mass is 10.2. The van der Waals surface area contributed by atoms with Gasteiger partial charge in [-0.3, -0.25) is 0 Å². The fourth-order valence-corrected chi connectivity index (χ4v) is 1.88. The van der Waals surface area contributed by atoms with Gasteiger partial charge >= 0.3 is 0 Å². The fraction of sp³-hybridized carbons (Fsp3) is 0.417. The number of hydrogen-bond acceptors (Lipinski definition) is 5. The highest BCUT2D eigenvalue weighted by molar-refractivity contribution is 6.30. The first-order chi connectivity index (χ1) is 8.74. The molecule has 0 aliphatic carbocycles. The summed E-state index contributed by atoms with van der Waals surface area (Å²) in [6.45, 7) is 4.52. The van der Waals surface area contributed by atoms with Gasteiger partial charge in [0.15, 0.2) is 0 Å². The van der Waals surface area contributed by atoms with Crippen molar-refractivity contribution in [3.8, 4) is 0 Å². The molecule has 0 saturated carbocycles. The number of halogens is 1. The molecule has 0 aliphatic heterocycles. The van der Waals surface area contributed by atoms with Gasteiger partial charge in [-0.05, 0) is 6.42 Å². The second kappa shape index (κ2) is 5.82. The largest absolute Gasteiger partial charge is 0.444 e. The lowest BCUT2D eigenvalue weighted by molar-refractivity contribution is 0.465. The molecule has 0 saturated heterocycles. The van der Waals surface area contributed by atoms with E-state index in [9.17, 15) is 0 Å². The molecule has 0 radical (unpaired) electrons. The van der Waals surface area contributed by atoms with Crippen molar-refractivity contribution in [3.05, 3.63) is 34.9 Å². The minimum Gasteiger partial charge on any atom is -0.444 e. The molecular formula is C12H15ClN4O. The Morgan fingerprint density at radius 3 is 2.72 bits per heavy atom. The van der Waals surface area contributed by atoms with Crippen molar-refractivity contribution in [1.82, 2.24) is 15.0 Å².